The van der Waals surface area contributed by atoms with Gasteiger partial charge in [-0.05, 0) is 69.9 Å². The molecule has 0 radical (unpaired) electrons. The van der Waals surface area contributed by atoms with Crippen molar-refractivity contribution >= 4 is 17.8 Å². The first-order valence-corrected chi connectivity index (χ1v) is 12.3. The van der Waals surface area contributed by atoms with E-state index in [0.29, 0.717) is 24.2 Å². The smallest absolute Gasteiger partial charge is 0.232 e. The van der Waals surface area contributed by atoms with Crippen LogP contribution < -0.4 is 15.8 Å². The van der Waals surface area contributed by atoms with Crippen molar-refractivity contribution in [2.24, 2.45) is 22.6 Å². The van der Waals surface area contributed by atoms with Crippen molar-refractivity contribution in [3.8, 4) is 5.75 Å². The van der Waals surface area contributed by atoms with Crippen LogP contribution in [0.4, 0.5) is 4.39 Å². The normalized spacial score (nSPS) is 26.8. The Hall–Kier alpha value is -3.49. The van der Waals surface area contributed by atoms with Crippen molar-refractivity contribution in [1.82, 2.24) is 15.2 Å². The second-order valence-corrected chi connectivity index (χ2v) is 11.3. The quantitative estimate of drug-likeness (QED) is 0.661. The van der Waals surface area contributed by atoms with Gasteiger partial charge in [0.25, 0.3) is 0 Å². The van der Waals surface area contributed by atoms with Crippen molar-refractivity contribution in [2.45, 2.75) is 70.2 Å². The van der Waals surface area contributed by atoms with E-state index in [9.17, 15) is 14.0 Å². The van der Waals surface area contributed by atoms with E-state index in [2.05, 4.69) is 15.3 Å². The van der Waals surface area contributed by atoms with E-state index in [4.69, 9.17) is 10.5 Å². The third kappa shape index (κ3) is 4.66. The van der Waals surface area contributed by atoms with Gasteiger partial charge in [-0.3, -0.25) is 19.5 Å². The topological polar surface area (TPSA) is 110 Å². The van der Waals surface area contributed by atoms with Crippen LogP contribution in [-0.2, 0) is 9.59 Å². The molecule has 0 spiro atoms. The summed E-state index contributed by atoms with van der Waals surface area (Å²) in [5.74, 6) is -0.369. The van der Waals surface area contributed by atoms with Crippen molar-refractivity contribution in [3.63, 3.8) is 0 Å². The first-order chi connectivity index (χ1) is 16.9. The Morgan fingerprint density at radius 1 is 1.28 bits per heavy atom. The number of hydrogen-bond donors (Lipinski definition) is 2. The first kappa shape index (κ1) is 24.2. The molecule has 1 aromatic heterocycles. The molecule has 3 N–H and O–H groups in total. The van der Waals surface area contributed by atoms with E-state index in [0.717, 1.165) is 5.56 Å². The molecule has 8 nitrogen and oxygen atoms in total. The van der Waals surface area contributed by atoms with Gasteiger partial charge in [0.1, 0.15) is 17.2 Å². The van der Waals surface area contributed by atoms with Crippen molar-refractivity contribution in [2.75, 3.05) is 0 Å². The molecule has 0 unspecified atom stereocenters. The lowest BCUT2D eigenvalue weighted by Gasteiger charge is -2.38. The summed E-state index contributed by atoms with van der Waals surface area (Å²) in [7, 11) is 0. The number of halogens is 1. The first-order valence-electron chi connectivity index (χ1n) is 12.3. The van der Waals surface area contributed by atoms with Gasteiger partial charge in [-0.2, -0.15) is 0 Å². The van der Waals surface area contributed by atoms with Gasteiger partial charge in [0.15, 0.2) is 5.96 Å². The molecule has 0 saturated heterocycles. The third-order valence-corrected chi connectivity index (χ3v) is 7.15. The average molecular weight is 494 g/mol. The Kier molecular flexibility index (Phi) is 5.76. The minimum absolute atomic E-state index is 0.122. The number of fused-ring (bicyclic) bond motifs is 1. The molecule has 3 heterocycles. The predicted octanol–water partition coefficient (Wildman–Crippen LogP) is 3.64. The van der Waals surface area contributed by atoms with Crippen LogP contribution >= 0.6 is 0 Å². The summed E-state index contributed by atoms with van der Waals surface area (Å²) >= 11 is 0. The number of nitrogens with zero attached hydrogens (tertiary/aromatic N) is 3. The molecular formula is C27H32FN5O3. The van der Waals surface area contributed by atoms with E-state index in [-0.39, 0.29) is 47.9 Å². The molecular weight excluding hydrogens is 461 g/mol. The summed E-state index contributed by atoms with van der Waals surface area (Å²) in [6.45, 7) is 7.64. The van der Waals surface area contributed by atoms with Crippen LogP contribution in [0, 0.1) is 17.7 Å². The molecule has 3 aliphatic rings. The fourth-order valence-corrected chi connectivity index (χ4v) is 5.52. The molecule has 5 rings (SSSR count). The molecule has 9 heteroatoms. The van der Waals surface area contributed by atoms with Crippen LogP contribution in [0.1, 0.15) is 70.2 Å². The average Bonchev–Trinajstić information content (AvgIpc) is 3.56. The van der Waals surface area contributed by atoms with Gasteiger partial charge in [-0.25, -0.2) is 9.38 Å². The van der Waals surface area contributed by atoms with Crippen LogP contribution in [0.25, 0.3) is 0 Å². The molecule has 2 aliphatic heterocycles. The number of nitrogens with one attached hydrogen (secondary N) is 1. The van der Waals surface area contributed by atoms with Gasteiger partial charge >= 0.3 is 0 Å². The van der Waals surface area contributed by atoms with Gasteiger partial charge in [0.2, 0.25) is 11.8 Å². The monoisotopic (exact) mass is 493 g/mol. The SMILES string of the molecule is CC1(C)CC(=O)N([C@H](c2cccnc2)[C@H]2C[C@@H]2C(=O)N[C@H]2CC(C)(C)Oc3ccc(F)cc32)C(N)=N1. The highest BCUT2D eigenvalue weighted by molar-refractivity contribution is 5.99. The number of amides is 2. The number of carbonyl (C=O) groups excluding carboxylic acids is 2. The number of carbonyl (C=O) groups is 2. The summed E-state index contributed by atoms with van der Waals surface area (Å²) in [6.07, 6.45) is 4.71. The van der Waals surface area contributed by atoms with Crippen LogP contribution in [0.15, 0.2) is 47.7 Å². The number of benzene rings is 1. The van der Waals surface area contributed by atoms with Crippen LogP contribution in [0.3, 0.4) is 0 Å². The molecule has 1 aromatic carbocycles. The second-order valence-electron chi connectivity index (χ2n) is 11.3. The maximum atomic E-state index is 14.0. The summed E-state index contributed by atoms with van der Waals surface area (Å²) in [5.41, 5.74) is 6.66. The highest BCUT2D eigenvalue weighted by atomic mass is 19.1. The zero-order valence-electron chi connectivity index (χ0n) is 21.0. The summed E-state index contributed by atoms with van der Waals surface area (Å²) in [5, 5.41) is 3.13. The Bertz CT molecular complexity index is 1230. The van der Waals surface area contributed by atoms with Gasteiger partial charge < -0.3 is 15.8 Å². The van der Waals surface area contributed by atoms with E-state index < -0.39 is 17.2 Å². The van der Waals surface area contributed by atoms with Crippen molar-refractivity contribution < 1.29 is 18.7 Å². The number of aromatic nitrogens is 1. The molecule has 1 aliphatic carbocycles. The Balaban J connectivity index is 1.40. The lowest BCUT2D eigenvalue weighted by atomic mass is 9.89. The van der Waals surface area contributed by atoms with E-state index in [1.807, 2.05) is 33.8 Å². The lowest BCUT2D eigenvalue weighted by Crippen LogP contribution is -2.52. The second kappa shape index (κ2) is 8.57. The standard InChI is InChI=1S/C27H32FN5O3/c1-26(2)13-22(34)33(25(29)32-26)23(15-6-5-9-30-14-15)17-11-18(17)24(35)31-20-12-27(3,4)36-21-8-7-16(28)10-19(20)21/h5-10,14,17-18,20,23H,11-13H2,1-4H3,(H2,29,32)(H,31,35)/t17-,18-,20-,23+/m0/s1. The highest BCUT2D eigenvalue weighted by Crippen LogP contribution is 2.51. The van der Waals surface area contributed by atoms with Gasteiger partial charge in [-0.15, -0.1) is 0 Å². The van der Waals surface area contributed by atoms with Gasteiger partial charge in [-0.1, -0.05) is 6.07 Å². The zero-order valence-corrected chi connectivity index (χ0v) is 21.0. The fraction of sp³-hybridized carbons (Fsp3) is 0.481. The van der Waals surface area contributed by atoms with Gasteiger partial charge in [0.05, 0.1) is 24.0 Å². The minimum atomic E-state index is -0.573. The van der Waals surface area contributed by atoms with Crippen LogP contribution in [-0.4, -0.2) is 38.8 Å². The number of pyridine rings is 1. The maximum Gasteiger partial charge on any atom is 0.232 e. The fourth-order valence-electron chi connectivity index (χ4n) is 5.52. The highest BCUT2D eigenvalue weighted by Gasteiger charge is 2.53. The van der Waals surface area contributed by atoms with Crippen LogP contribution in [0.5, 0.6) is 5.75 Å². The number of hydrogen-bond acceptors (Lipinski definition) is 6. The maximum absolute atomic E-state index is 14.0. The number of aliphatic imine (C=N–C) groups is 1. The Morgan fingerprint density at radius 3 is 2.75 bits per heavy atom. The van der Waals surface area contributed by atoms with Crippen LogP contribution in [0.2, 0.25) is 0 Å². The molecule has 2 amide bonds. The summed E-state index contributed by atoms with van der Waals surface area (Å²) < 4.78 is 20.0. The molecule has 1 saturated carbocycles. The third-order valence-electron chi connectivity index (χ3n) is 7.15. The lowest BCUT2D eigenvalue weighted by molar-refractivity contribution is -0.132. The zero-order chi connectivity index (χ0) is 25.8. The largest absolute Gasteiger partial charge is 0.487 e. The summed E-state index contributed by atoms with van der Waals surface area (Å²) in [4.78, 5) is 37.0. The van der Waals surface area contributed by atoms with E-state index in [1.54, 1.807) is 24.5 Å². The molecule has 36 heavy (non-hydrogen) atoms. The molecule has 190 valence electrons. The molecule has 2 aromatic rings. The number of guanidine groups is 1. The van der Waals surface area contributed by atoms with Gasteiger partial charge in [0, 0.05) is 30.3 Å². The Morgan fingerprint density at radius 2 is 2.06 bits per heavy atom. The summed E-state index contributed by atoms with van der Waals surface area (Å²) in [6, 6.07) is 7.26. The van der Waals surface area contributed by atoms with Crippen molar-refractivity contribution in [1.29, 1.82) is 0 Å². The Labute approximate surface area is 210 Å². The number of ether oxygens (including phenoxy) is 1. The van der Waals surface area contributed by atoms with Crippen molar-refractivity contribution in [3.05, 3.63) is 59.7 Å². The van der Waals surface area contributed by atoms with E-state index >= 15 is 0 Å². The molecule has 0 bridgehead atoms. The minimum Gasteiger partial charge on any atom is -0.487 e. The van der Waals surface area contributed by atoms with E-state index in [1.165, 1.54) is 17.0 Å². The predicted molar refractivity (Wildman–Crippen MR) is 132 cm³/mol. The number of nitrogens with two attached hydrogens (primary N) is 1. The number of rotatable bonds is 5. The molecule has 4 atom stereocenters. The molecule has 1 fully saturated rings.